The van der Waals surface area contributed by atoms with E-state index in [0.29, 0.717) is 38.1 Å². The standard InChI is InChI=1S/C17H28F3N7.HI/c1-12-24-25-15(26(12)2)9-21-16(22-13-5-3-4-6-13)23-14-7-8-27(10-14)11-17(18,19)20;/h13-14H,3-11H2,1-2H3,(H2,21,22,23);1H. The lowest BCUT2D eigenvalue weighted by atomic mass is 10.2. The van der Waals surface area contributed by atoms with Gasteiger partial charge in [-0.2, -0.15) is 13.2 Å². The highest BCUT2D eigenvalue weighted by Gasteiger charge is 2.34. The van der Waals surface area contributed by atoms with Gasteiger partial charge in [0.05, 0.1) is 6.54 Å². The first-order valence-corrected chi connectivity index (χ1v) is 9.51. The summed E-state index contributed by atoms with van der Waals surface area (Å²) in [5.74, 6) is 2.23. The van der Waals surface area contributed by atoms with Gasteiger partial charge in [-0.15, -0.1) is 34.2 Å². The van der Waals surface area contributed by atoms with E-state index in [9.17, 15) is 13.2 Å². The van der Waals surface area contributed by atoms with E-state index in [2.05, 4.69) is 25.8 Å². The Morgan fingerprint density at radius 3 is 2.43 bits per heavy atom. The van der Waals surface area contributed by atoms with Crippen LogP contribution < -0.4 is 10.6 Å². The molecule has 1 aromatic heterocycles. The Labute approximate surface area is 180 Å². The summed E-state index contributed by atoms with van der Waals surface area (Å²) in [6.45, 7) is 2.21. The van der Waals surface area contributed by atoms with E-state index >= 15 is 0 Å². The molecule has 28 heavy (non-hydrogen) atoms. The van der Waals surface area contributed by atoms with Crippen molar-refractivity contribution in [3.8, 4) is 0 Å². The molecule has 0 aromatic carbocycles. The summed E-state index contributed by atoms with van der Waals surface area (Å²) in [5, 5.41) is 14.9. The van der Waals surface area contributed by atoms with Crippen LogP contribution in [0.1, 0.15) is 43.8 Å². The second-order valence-corrected chi connectivity index (χ2v) is 7.49. The minimum Gasteiger partial charge on any atom is -0.354 e. The van der Waals surface area contributed by atoms with Gasteiger partial charge < -0.3 is 15.2 Å². The van der Waals surface area contributed by atoms with E-state index in [4.69, 9.17) is 0 Å². The van der Waals surface area contributed by atoms with Gasteiger partial charge >= 0.3 is 6.18 Å². The molecule has 1 atom stereocenters. The molecule has 2 heterocycles. The average molecular weight is 515 g/mol. The quantitative estimate of drug-likeness (QED) is 0.358. The molecule has 2 aliphatic rings. The second-order valence-electron chi connectivity index (χ2n) is 7.49. The number of nitrogens with one attached hydrogen (secondary N) is 2. The fourth-order valence-corrected chi connectivity index (χ4v) is 3.68. The molecule has 1 unspecified atom stereocenters. The molecular weight excluding hydrogens is 486 g/mol. The van der Waals surface area contributed by atoms with Gasteiger partial charge in [0.25, 0.3) is 0 Å². The zero-order chi connectivity index (χ0) is 19.4. The lowest BCUT2D eigenvalue weighted by molar-refractivity contribution is -0.143. The molecule has 1 saturated carbocycles. The van der Waals surface area contributed by atoms with E-state index in [-0.39, 0.29) is 30.0 Å². The highest BCUT2D eigenvalue weighted by Crippen LogP contribution is 2.20. The predicted octanol–water partition coefficient (Wildman–Crippen LogP) is 2.36. The van der Waals surface area contributed by atoms with Crippen LogP contribution in [-0.2, 0) is 13.6 Å². The lowest BCUT2D eigenvalue weighted by Gasteiger charge is -2.22. The first kappa shape index (κ1) is 23.2. The van der Waals surface area contributed by atoms with Gasteiger partial charge in [0.1, 0.15) is 12.4 Å². The van der Waals surface area contributed by atoms with E-state index in [0.717, 1.165) is 24.5 Å². The van der Waals surface area contributed by atoms with E-state index in [1.807, 2.05) is 18.5 Å². The summed E-state index contributed by atoms with van der Waals surface area (Å²) in [7, 11) is 1.89. The van der Waals surface area contributed by atoms with Crippen molar-refractivity contribution in [3.05, 3.63) is 11.6 Å². The third-order valence-corrected chi connectivity index (χ3v) is 5.27. The van der Waals surface area contributed by atoms with E-state index < -0.39 is 12.7 Å². The Morgan fingerprint density at radius 1 is 1.14 bits per heavy atom. The number of rotatable bonds is 5. The van der Waals surface area contributed by atoms with Crippen LogP contribution in [0.5, 0.6) is 0 Å². The Morgan fingerprint density at radius 2 is 1.82 bits per heavy atom. The summed E-state index contributed by atoms with van der Waals surface area (Å²) in [5.41, 5.74) is 0. The van der Waals surface area contributed by atoms with Crippen molar-refractivity contribution in [2.75, 3.05) is 19.6 Å². The molecule has 0 bridgehead atoms. The molecule has 1 aliphatic heterocycles. The van der Waals surface area contributed by atoms with Crippen molar-refractivity contribution >= 4 is 29.9 Å². The fourth-order valence-electron chi connectivity index (χ4n) is 3.68. The minimum absolute atomic E-state index is 0. The van der Waals surface area contributed by atoms with Crippen molar-refractivity contribution < 1.29 is 13.2 Å². The third-order valence-electron chi connectivity index (χ3n) is 5.27. The first-order chi connectivity index (χ1) is 12.8. The van der Waals surface area contributed by atoms with E-state index in [1.165, 1.54) is 17.7 Å². The Balaban J connectivity index is 0.00000280. The molecule has 1 aromatic rings. The van der Waals surface area contributed by atoms with Crippen LogP contribution in [0.25, 0.3) is 0 Å². The number of hydrogen-bond acceptors (Lipinski definition) is 4. The van der Waals surface area contributed by atoms with E-state index in [1.54, 1.807) is 0 Å². The molecule has 2 fully saturated rings. The predicted molar refractivity (Wildman–Crippen MR) is 112 cm³/mol. The molecule has 0 spiro atoms. The fraction of sp³-hybridized carbons (Fsp3) is 0.824. The summed E-state index contributed by atoms with van der Waals surface area (Å²) >= 11 is 0. The summed E-state index contributed by atoms with van der Waals surface area (Å²) < 4.78 is 39.7. The number of alkyl halides is 3. The molecule has 160 valence electrons. The van der Waals surface area contributed by atoms with Crippen LogP contribution in [0.4, 0.5) is 13.2 Å². The van der Waals surface area contributed by atoms with Crippen LogP contribution in [0, 0.1) is 6.92 Å². The Hall–Kier alpha value is -1.11. The minimum atomic E-state index is -4.16. The Kier molecular flexibility index (Phi) is 8.34. The van der Waals surface area contributed by atoms with Gasteiger partial charge in [-0.05, 0) is 26.2 Å². The van der Waals surface area contributed by atoms with Crippen molar-refractivity contribution in [1.82, 2.24) is 30.3 Å². The molecule has 11 heteroatoms. The van der Waals surface area contributed by atoms with Crippen LogP contribution in [0.2, 0.25) is 0 Å². The second kappa shape index (κ2) is 10.1. The lowest BCUT2D eigenvalue weighted by Crippen LogP contribution is -2.48. The maximum Gasteiger partial charge on any atom is 0.401 e. The molecule has 2 N–H and O–H groups in total. The smallest absolute Gasteiger partial charge is 0.354 e. The molecule has 0 radical (unpaired) electrons. The number of halogens is 4. The van der Waals surface area contributed by atoms with Crippen molar-refractivity contribution in [2.24, 2.45) is 12.0 Å². The largest absolute Gasteiger partial charge is 0.401 e. The van der Waals surface area contributed by atoms with Gasteiger partial charge in [0, 0.05) is 32.2 Å². The highest BCUT2D eigenvalue weighted by atomic mass is 127. The number of aryl methyl sites for hydroxylation is 1. The van der Waals surface area contributed by atoms with Crippen molar-refractivity contribution in [1.29, 1.82) is 0 Å². The summed E-state index contributed by atoms with van der Waals surface area (Å²) in [6, 6.07) is 0.325. The monoisotopic (exact) mass is 515 g/mol. The number of nitrogens with zero attached hydrogens (tertiary/aromatic N) is 5. The van der Waals surface area contributed by atoms with Crippen LogP contribution >= 0.6 is 24.0 Å². The molecule has 7 nitrogen and oxygen atoms in total. The molecule has 0 amide bonds. The SMILES string of the molecule is Cc1nnc(CN=C(NC2CCCC2)NC2CCN(CC(F)(F)F)C2)n1C.I. The van der Waals surface area contributed by atoms with Crippen LogP contribution in [0.15, 0.2) is 4.99 Å². The zero-order valence-electron chi connectivity index (χ0n) is 16.3. The van der Waals surface area contributed by atoms with Gasteiger partial charge in [0.15, 0.2) is 11.8 Å². The molecular formula is C17H29F3IN7. The Bertz CT molecular complexity index is 656. The van der Waals surface area contributed by atoms with Gasteiger partial charge in [-0.25, -0.2) is 4.99 Å². The third kappa shape index (κ3) is 6.75. The summed E-state index contributed by atoms with van der Waals surface area (Å²) in [4.78, 5) is 6.07. The van der Waals surface area contributed by atoms with Gasteiger partial charge in [-0.1, -0.05) is 12.8 Å². The number of aromatic nitrogens is 3. The number of guanidine groups is 1. The maximum atomic E-state index is 12.6. The number of aliphatic imine (C=N–C) groups is 1. The van der Waals surface area contributed by atoms with Crippen LogP contribution in [0.3, 0.4) is 0 Å². The molecule has 1 aliphatic carbocycles. The first-order valence-electron chi connectivity index (χ1n) is 9.51. The topological polar surface area (TPSA) is 70.4 Å². The normalized spacial score (nSPS) is 21.8. The van der Waals surface area contributed by atoms with Crippen molar-refractivity contribution in [2.45, 2.75) is 63.8 Å². The van der Waals surface area contributed by atoms with Gasteiger partial charge in [0.2, 0.25) is 0 Å². The van der Waals surface area contributed by atoms with Gasteiger partial charge in [-0.3, -0.25) is 4.90 Å². The number of hydrogen-bond donors (Lipinski definition) is 2. The molecule has 1 saturated heterocycles. The van der Waals surface area contributed by atoms with Crippen molar-refractivity contribution in [3.63, 3.8) is 0 Å². The van der Waals surface area contributed by atoms with Crippen LogP contribution in [-0.4, -0.2) is 63.5 Å². The number of likely N-dealkylation sites (tertiary alicyclic amines) is 1. The summed E-state index contributed by atoms with van der Waals surface area (Å²) in [6.07, 6.45) is 1.08. The average Bonchev–Trinajstić information content (AvgIpc) is 3.30. The maximum absolute atomic E-state index is 12.6. The highest BCUT2D eigenvalue weighted by molar-refractivity contribution is 14.0. The zero-order valence-corrected chi connectivity index (χ0v) is 18.6. The molecule has 3 rings (SSSR count).